The highest BCUT2D eigenvalue weighted by Crippen LogP contribution is 2.24. The van der Waals surface area contributed by atoms with E-state index in [9.17, 15) is 9.90 Å². The van der Waals surface area contributed by atoms with E-state index in [4.69, 9.17) is 0 Å². The zero-order valence-corrected chi connectivity index (χ0v) is 12.7. The monoisotopic (exact) mass is 275 g/mol. The van der Waals surface area contributed by atoms with Gasteiger partial charge in [-0.15, -0.1) is 0 Å². The van der Waals surface area contributed by atoms with Crippen molar-refractivity contribution < 1.29 is 9.90 Å². The first kappa shape index (κ1) is 15.0. The largest absolute Gasteiger partial charge is 0.396 e. The molecule has 1 aliphatic heterocycles. The number of amides is 1. The summed E-state index contributed by atoms with van der Waals surface area (Å²) in [5.41, 5.74) is 1.99. The van der Waals surface area contributed by atoms with E-state index < -0.39 is 0 Å². The SMILES string of the molecule is CC(C)(C)c1cccc(C(=O)N2CCCC(CO)C2)c1. The molecular weight excluding hydrogens is 250 g/mol. The third-order valence-electron chi connectivity index (χ3n) is 4.04. The lowest BCUT2D eigenvalue weighted by atomic mass is 9.86. The molecule has 0 aliphatic carbocycles. The maximum Gasteiger partial charge on any atom is 0.253 e. The topological polar surface area (TPSA) is 40.5 Å². The fourth-order valence-electron chi connectivity index (χ4n) is 2.70. The van der Waals surface area contributed by atoms with Crippen LogP contribution in [0.25, 0.3) is 0 Å². The summed E-state index contributed by atoms with van der Waals surface area (Å²) in [6.07, 6.45) is 2.00. The first-order valence-corrected chi connectivity index (χ1v) is 7.42. The fourth-order valence-corrected chi connectivity index (χ4v) is 2.70. The number of likely N-dealkylation sites (tertiary alicyclic amines) is 1. The zero-order chi connectivity index (χ0) is 14.8. The molecule has 20 heavy (non-hydrogen) atoms. The van der Waals surface area contributed by atoms with Gasteiger partial charge in [-0.05, 0) is 41.9 Å². The number of aliphatic hydroxyl groups is 1. The first-order chi connectivity index (χ1) is 9.41. The number of carbonyl (C=O) groups excluding carboxylic acids is 1. The molecule has 1 unspecified atom stereocenters. The molecule has 1 aromatic carbocycles. The number of aliphatic hydroxyl groups excluding tert-OH is 1. The molecule has 110 valence electrons. The molecule has 1 amide bonds. The third-order valence-corrected chi connectivity index (χ3v) is 4.04. The molecule has 0 radical (unpaired) electrons. The van der Waals surface area contributed by atoms with Crippen LogP contribution in [0, 0.1) is 5.92 Å². The van der Waals surface area contributed by atoms with Gasteiger partial charge in [0.25, 0.3) is 5.91 Å². The van der Waals surface area contributed by atoms with E-state index in [2.05, 4.69) is 26.8 Å². The highest BCUT2D eigenvalue weighted by molar-refractivity contribution is 5.94. The van der Waals surface area contributed by atoms with Crippen LogP contribution in [0.15, 0.2) is 24.3 Å². The predicted molar refractivity (Wildman–Crippen MR) is 80.9 cm³/mol. The Bertz CT molecular complexity index is 476. The highest BCUT2D eigenvalue weighted by atomic mass is 16.3. The Morgan fingerprint density at radius 3 is 2.80 bits per heavy atom. The van der Waals surface area contributed by atoms with Gasteiger partial charge < -0.3 is 10.0 Å². The maximum absolute atomic E-state index is 12.6. The number of carbonyl (C=O) groups is 1. The van der Waals surface area contributed by atoms with Gasteiger partial charge in [0.2, 0.25) is 0 Å². The third kappa shape index (κ3) is 3.40. The average molecular weight is 275 g/mol. The second kappa shape index (κ2) is 5.96. The molecule has 0 aromatic heterocycles. The van der Waals surface area contributed by atoms with Crippen molar-refractivity contribution >= 4 is 5.91 Å². The smallest absolute Gasteiger partial charge is 0.253 e. The Balaban J connectivity index is 2.17. The van der Waals surface area contributed by atoms with Gasteiger partial charge in [-0.25, -0.2) is 0 Å². The normalized spacial score (nSPS) is 20.0. The Kier molecular flexibility index (Phi) is 4.48. The van der Waals surface area contributed by atoms with Crippen molar-refractivity contribution in [3.05, 3.63) is 35.4 Å². The quantitative estimate of drug-likeness (QED) is 0.901. The number of rotatable bonds is 2. The molecule has 1 N–H and O–H groups in total. The van der Waals surface area contributed by atoms with Crippen LogP contribution in [0.5, 0.6) is 0 Å². The van der Waals surface area contributed by atoms with Crippen molar-refractivity contribution in [2.75, 3.05) is 19.7 Å². The van der Waals surface area contributed by atoms with Crippen molar-refractivity contribution in [1.82, 2.24) is 4.90 Å². The van der Waals surface area contributed by atoms with Crippen molar-refractivity contribution in [2.24, 2.45) is 5.92 Å². The second-order valence-electron chi connectivity index (χ2n) is 6.77. The number of benzene rings is 1. The van der Waals surface area contributed by atoms with Crippen LogP contribution in [-0.4, -0.2) is 35.6 Å². The Hall–Kier alpha value is -1.35. The first-order valence-electron chi connectivity index (χ1n) is 7.42. The molecule has 1 aromatic rings. The molecule has 3 heteroatoms. The summed E-state index contributed by atoms with van der Waals surface area (Å²) in [6, 6.07) is 7.93. The van der Waals surface area contributed by atoms with E-state index in [1.165, 1.54) is 5.56 Å². The zero-order valence-electron chi connectivity index (χ0n) is 12.7. The van der Waals surface area contributed by atoms with Crippen LogP contribution >= 0.6 is 0 Å². The Labute approximate surface area is 121 Å². The highest BCUT2D eigenvalue weighted by Gasteiger charge is 2.24. The predicted octanol–water partition coefficient (Wildman–Crippen LogP) is 2.83. The number of hydrogen-bond acceptors (Lipinski definition) is 2. The Morgan fingerprint density at radius 2 is 2.15 bits per heavy atom. The Morgan fingerprint density at radius 1 is 1.40 bits per heavy atom. The van der Waals surface area contributed by atoms with Gasteiger partial charge in [0.15, 0.2) is 0 Å². The minimum Gasteiger partial charge on any atom is -0.396 e. The minimum absolute atomic E-state index is 0.0474. The molecule has 3 nitrogen and oxygen atoms in total. The average Bonchev–Trinajstić information content (AvgIpc) is 2.46. The summed E-state index contributed by atoms with van der Waals surface area (Å²) in [6.45, 7) is 8.10. The van der Waals surface area contributed by atoms with E-state index >= 15 is 0 Å². The van der Waals surface area contributed by atoms with Crippen LogP contribution in [0.4, 0.5) is 0 Å². The van der Waals surface area contributed by atoms with Crippen molar-refractivity contribution in [1.29, 1.82) is 0 Å². The van der Waals surface area contributed by atoms with Gasteiger partial charge >= 0.3 is 0 Å². The standard InChI is InChI=1S/C17H25NO2/c1-17(2,3)15-8-4-7-14(10-15)16(20)18-9-5-6-13(11-18)12-19/h4,7-8,10,13,19H,5-6,9,11-12H2,1-3H3. The summed E-state index contributed by atoms with van der Waals surface area (Å²) in [5, 5.41) is 9.27. The summed E-state index contributed by atoms with van der Waals surface area (Å²) in [7, 11) is 0. The molecular formula is C17H25NO2. The molecule has 0 spiro atoms. The molecule has 1 heterocycles. The van der Waals surface area contributed by atoms with Crippen LogP contribution in [0.1, 0.15) is 49.5 Å². The van der Waals surface area contributed by atoms with E-state index in [-0.39, 0.29) is 23.8 Å². The minimum atomic E-state index is 0.0474. The summed E-state index contributed by atoms with van der Waals surface area (Å²) in [5.74, 6) is 0.327. The lowest BCUT2D eigenvalue weighted by molar-refractivity contribution is 0.0620. The van der Waals surface area contributed by atoms with Gasteiger partial charge in [-0.2, -0.15) is 0 Å². The lowest BCUT2D eigenvalue weighted by Crippen LogP contribution is -2.41. The summed E-state index contributed by atoms with van der Waals surface area (Å²) < 4.78 is 0. The molecule has 1 aliphatic rings. The van der Waals surface area contributed by atoms with Gasteiger partial charge in [-0.1, -0.05) is 32.9 Å². The van der Waals surface area contributed by atoms with Crippen molar-refractivity contribution in [3.8, 4) is 0 Å². The van der Waals surface area contributed by atoms with Crippen LogP contribution < -0.4 is 0 Å². The van der Waals surface area contributed by atoms with E-state index in [0.29, 0.717) is 6.54 Å². The van der Waals surface area contributed by atoms with Gasteiger partial charge in [0.05, 0.1) is 0 Å². The van der Waals surface area contributed by atoms with Crippen molar-refractivity contribution in [3.63, 3.8) is 0 Å². The van der Waals surface area contributed by atoms with Gasteiger partial charge in [0, 0.05) is 25.3 Å². The van der Waals surface area contributed by atoms with Crippen LogP contribution in [0.2, 0.25) is 0 Å². The molecule has 0 bridgehead atoms. The van der Waals surface area contributed by atoms with Crippen LogP contribution in [0.3, 0.4) is 0 Å². The molecule has 2 rings (SSSR count). The summed E-state index contributed by atoms with van der Waals surface area (Å²) >= 11 is 0. The van der Waals surface area contributed by atoms with Gasteiger partial charge in [-0.3, -0.25) is 4.79 Å². The molecule has 1 fully saturated rings. The number of piperidine rings is 1. The molecule has 1 saturated heterocycles. The fraction of sp³-hybridized carbons (Fsp3) is 0.588. The maximum atomic E-state index is 12.6. The molecule has 0 saturated carbocycles. The van der Waals surface area contributed by atoms with Gasteiger partial charge in [0.1, 0.15) is 0 Å². The van der Waals surface area contributed by atoms with Crippen LogP contribution in [-0.2, 0) is 5.41 Å². The number of hydrogen-bond donors (Lipinski definition) is 1. The van der Waals surface area contributed by atoms with E-state index in [0.717, 1.165) is 24.9 Å². The van der Waals surface area contributed by atoms with E-state index in [1.807, 2.05) is 23.1 Å². The van der Waals surface area contributed by atoms with Crippen molar-refractivity contribution in [2.45, 2.75) is 39.0 Å². The second-order valence-corrected chi connectivity index (χ2v) is 6.77. The number of nitrogens with zero attached hydrogens (tertiary/aromatic N) is 1. The molecule has 1 atom stereocenters. The summed E-state index contributed by atoms with van der Waals surface area (Å²) in [4.78, 5) is 14.5. The van der Waals surface area contributed by atoms with E-state index in [1.54, 1.807) is 0 Å². The lowest BCUT2D eigenvalue weighted by Gasteiger charge is -2.32.